The van der Waals surface area contributed by atoms with E-state index in [9.17, 15) is 9.59 Å². The fourth-order valence-corrected chi connectivity index (χ4v) is 1.80. The highest BCUT2D eigenvalue weighted by atomic mass is 16.4. The molecule has 0 bridgehead atoms. The van der Waals surface area contributed by atoms with E-state index in [0.717, 1.165) is 25.3 Å². The zero-order valence-electron chi connectivity index (χ0n) is 11.9. The molecule has 110 valence electrons. The average Bonchev–Trinajstić information content (AvgIpc) is 2.44. The van der Waals surface area contributed by atoms with Gasteiger partial charge in [0, 0.05) is 25.8 Å². The molecule has 6 heteroatoms. The Labute approximate surface area is 118 Å². The molecule has 1 heterocycles. The summed E-state index contributed by atoms with van der Waals surface area (Å²) in [4.78, 5) is 28.5. The van der Waals surface area contributed by atoms with E-state index in [1.54, 1.807) is 6.07 Å². The maximum absolute atomic E-state index is 11.7. The number of aromatic nitrogens is 1. The largest absolute Gasteiger partial charge is 0.481 e. The number of carbonyl (C=O) groups excluding carboxylic acids is 1. The van der Waals surface area contributed by atoms with Crippen LogP contribution in [0.3, 0.4) is 0 Å². The zero-order chi connectivity index (χ0) is 15.0. The first-order chi connectivity index (χ1) is 9.58. The van der Waals surface area contributed by atoms with E-state index in [2.05, 4.69) is 29.0 Å². The second-order valence-corrected chi connectivity index (χ2v) is 4.38. The monoisotopic (exact) mass is 279 g/mol. The van der Waals surface area contributed by atoms with Crippen LogP contribution in [0.4, 0.5) is 5.82 Å². The van der Waals surface area contributed by atoms with Crippen molar-refractivity contribution in [3.8, 4) is 0 Å². The number of pyridine rings is 1. The van der Waals surface area contributed by atoms with Gasteiger partial charge in [-0.3, -0.25) is 9.59 Å². The molecule has 0 saturated carbocycles. The van der Waals surface area contributed by atoms with E-state index in [-0.39, 0.29) is 18.9 Å². The molecule has 6 nitrogen and oxygen atoms in total. The molecule has 1 aromatic heterocycles. The van der Waals surface area contributed by atoms with E-state index in [1.165, 1.54) is 6.20 Å². The summed E-state index contributed by atoms with van der Waals surface area (Å²) in [7, 11) is 0. The summed E-state index contributed by atoms with van der Waals surface area (Å²) in [6, 6.07) is 3.52. The number of aliphatic carboxylic acids is 1. The van der Waals surface area contributed by atoms with Crippen LogP contribution >= 0.6 is 0 Å². The summed E-state index contributed by atoms with van der Waals surface area (Å²) >= 11 is 0. The van der Waals surface area contributed by atoms with Crippen LogP contribution in [0.25, 0.3) is 0 Å². The molecule has 0 spiro atoms. The summed E-state index contributed by atoms with van der Waals surface area (Å²) in [5, 5.41) is 11.0. The number of amides is 1. The molecule has 0 atom stereocenters. The molecule has 0 radical (unpaired) electrons. The highest BCUT2D eigenvalue weighted by Gasteiger charge is 2.09. The second-order valence-electron chi connectivity index (χ2n) is 4.38. The fraction of sp³-hybridized carbons (Fsp3) is 0.500. The van der Waals surface area contributed by atoms with Gasteiger partial charge >= 0.3 is 5.97 Å². The Hall–Kier alpha value is -2.11. The smallest absolute Gasteiger partial charge is 0.305 e. The minimum Gasteiger partial charge on any atom is -0.481 e. The van der Waals surface area contributed by atoms with Crippen LogP contribution in [0.5, 0.6) is 0 Å². The molecular weight excluding hydrogens is 258 g/mol. The number of carbonyl (C=O) groups is 2. The van der Waals surface area contributed by atoms with Crippen molar-refractivity contribution in [2.75, 3.05) is 24.5 Å². The van der Waals surface area contributed by atoms with Gasteiger partial charge in [-0.15, -0.1) is 0 Å². The standard InChI is InChI=1S/C14H21N3O3/c1-3-9-17(4-2)12-6-5-11(10-16-12)14(20)15-8-7-13(18)19/h5-6,10H,3-4,7-9H2,1-2H3,(H,15,20)(H,18,19). The molecule has 0 aliphatic rings. The first-order valence-corrected chi connectivity index (χ1v) is 6.79. The maximum atomic E-state index is 11.7. The third-order valence-electron chi connectivity index (χ3n) is 2.83. The average molecular weight is 279 g/mol. The lowest BCUT2D eigenvalue weighted by molar-refractivity contribution is -0.136. The van der Waals surface area contributed by atoms with E-state index >= 15 is 0 Å². The molecule has 0 aromatic carbocycles. The van der Waals surface area contributed by atoms with Crippen molar-refractivity contribution >= 4 is 17.7 Å². The van der Waals surface area contributed by atoms with Gasteiger partial charge in [0.15, 0.2) is 0 Å². The number of nitrogens with one attached hydrogen (secondary N) is 1. The first-order valence-electron chi connectivity index (χ1n) is 6.79. The molecule has 0 unspecified atom stereocenters. The van der Waals surface area contributed by atoms with Crippen molar-refractivity contribution in [1.82, 2.24) is 10.3 Å². The second kappa shape index (κ2) is 8.14. The lowest BCUT2D eigenvalue weighted by Crippen LogP contribution is -2.27. The Morgan fingerprint density at radius 2 is 2.10 bits per heavy atom. The number of carboxylic acids is 1. The van der Waals surface area contributed by atoms with E-state index in [0.29, 0.717) is 5.56 Å². The lowest BCUT2D eigenvalue weighted by atomic mass is 10.2. The maximum Gasteiger partial charge on any atom is 0.305 e. The van der Waals surface area contributed by atoms with Gasteiger partial charge in [-0.1, -0.05) is 6.92 Å². The molecular formula is C14H21N3O3. The number of rotatable bonds is 8. The van der Waals surface area contributed by atoms with Gasteiger partial charge in [0.1, 0.15) is 5.82 Å². The predicted octanol–water partition coefficient (Wildman–Crippen LogP) is 1.52. The van der Waals surface area contributed by atoms with Crippen LogP contribution in [0, 0.1) is 0 Å². The quantitative estimate of drug-likeness (QED) is 0.754. The van der Waals surface area contributed by atoms with Crippen molar-refractivity contribution in [2.45, 2.75) is 26.7 Å². The van der Waals surface area contributed by atoms with E-state index in [1.807, 2.05) is 6.07 Å². The number of carboxylic acid groups (broad SMARTS) is 1. The Kier molecular flexibility index (Phi) is 6.49. The minimum absolute atomic E-state index is 0.0859. The summed E-state index contributed by atoms with van der Waals surface area (Å²) in [5.41, 5.74) is 0.437. The van der Waals surface area contributed by atoms with E-state index < -0.39 is 5.97 Å². The van der Waals surface area contributed by atoms with Gasteiger partial charge in [0.05, 0.1) is 12.0 Å². The summed E-state index contributed by atoms with van der Waals surface area (Å²) < 4.78 is 0. The molecule has 2 N–H and O–H groups in total. The fourth-order valence-electron chi connectivity index (χ4n) is 1.80. The van der Waals surface area contributed by atoms with Gasteiger partial charge in [-0.05, 0) is 25.5 Å². The van der Waals surface area contributed by atoms with Crippen LogP contribution in [-0.4, -0.2) is 41.6 Å². The lowest BCUT2D eigenvalue weighted by Gasteiger charge is -2.21. The highest BCUT2D eigenvalue weighted by Crippen LogP contribution is 2.11. The molecule has 1 rings (SSSR count). The Morgan fingerprint density at radius 3 is 2.60 bits per heavy atom. The summed E-state index contributed by atoms with van der Waals surface area (Å²) in [6.45, 7) is 6.07. The number of hydrogen-bond donors (Lipinski definition) is 2. The number of anilines is 1. The zero-order valence-corrected chi connectivity index (χ0v) is 11.9. The summed E-state index contributed by atoms with van der Waals surface area (Å²) in [6.07, 6.45) is 2.47. The Balaban J connectivity index is 2.61. The topological polar surface area (TPSA) is 82.5 Å². The van der Waals surface area contributed by atoms with Crippen LogP contribution in [0.15, 0.2) is 18.3 Å². The molecule has 0 fully saturated rings. The van der Waals surface area contributed by atoms with Crippen LogP contribution < -0.4 is 10.2 Å². The SMILES string of the molecule is CCCN(CC)c1ccc(C(=O)NCCC(=O)O)cn1. The number of nitrogens with zero attached hydrogens (tertiary/aromatic N) is 2. The molecule has 20 heavy (non-hydrogen) atoms. The Morgan fingerprint density at radius 1 is 1.35 bits per heavy atom. The molecule has 1 aromatic rings. The molecule has 0 saturated heterocycles. The van der Waals surface area contributed by atoms with Gasteiger partial charge in [-0.2, -0.15) is 0 Å². The van der Waals surface area contributed by atoms with Gasteiger partial charge < -0.3 is 15.3 Å². The van der Waals surface area contributed by atoms with Gasteiger partial charge in [0.2, 0.25) is 0 Å². The predicted molar refractivity (Wildman–Crippen MR) is 77.0 cm³/mol. The van der Waals surface area contributed by atoms with Crippen molar-refractivity contribution in [3.05, 3.63) is 23.9 Å². The Bertz CT molecular complexity index is 445. The summed E-state index contributed by atoms with van der Waals surface area (Å²) in [5.74, 6) is -0.391. The van der Waals surface area contributed by atoms with E-state index in [4.69, 9.17) is 5.11 Å². The van der Waals surface area contributed by atoms with Crippen LogP contribution in [-0.2, 0) is 4.79 Å². The number of hydrogen-bond acceptors (Lipinski definition) is 4. The van der Waals surface area contributed by atoms with Crippen molar-refractivity contribution in [1.29, 1.82) is 0 Å². The van der Waals surface area contributed by atoms with Gasteiger partial charge in [0.25, 0.3) is 5.91 Å². The first kappa shape index (κ1) is 15.9. The van der Waals surface area contributed by atoms with Gasteiger partial charge in [-0.25, -0.2) is 4.98 Å². The normalized spacial score (nSPS) is 10.1. The van der Waals surface area contributed by atoms with Crippen LogP contribution in [0.2, 0.25) is 0 Å². The van der Waals surface area contributed by atoms with Crippen molar-refractivity contribution in [3.63, 3.8) is 0 Å². The molecule has 1 amide bonds. The molecule has 0 aliphatic carbocycles. The minimum atomic E-state index is -0.933. The third-order valence-corrected chi connectivity index (χ3v) is 2.83. The highest BCUT2D eigenvalue weighted by molar-refractivity contribution is 5.94. The van der Waals surface area contributed by atoms with Crippen molar-refractivity contribution in [2.24, 2.45) is 0 Å². The van der Waals surface area contributed by atoms with Crippen molar-refractivity contribution < 1.29 is 14.7 Å². The molecule has 0 aliphatic heterocycles. The van der Waals surface area contributed by atoms with Crippen LogP contribution in [0.1, 0.15) is 37.0 Å². The third kappa shape index (κ3) is 4.87.